The first-order valence-corrected chi connectivity index (χ1v) is 5.81. The van der Waals surface area contributed by atoms with Gasteiger partial charge in [0.15, 0.2) is 0 Å². The van der Waals surface area contributed by atoms with Crippen molar-refractivity contribution >= 4 is 20.0 Å². The van der Waals surface area contributed by atoms with Gasteiger partial charge in [-0.25, -0.2) is 16.8 Å². The third-order valence-electron chi connectivity index (χ3n) is 1.24. The van der Waals surface area contributed by atoms with Crippen molar-refractivity contribution in [1.29, 1.82) is 0 Å². The molecular weight excluding hydrogens is 216 g/mol. The molecule has 0 aromatic rings. The van der Waals surface area contributed by atoms with Gasteiger partial charge in [-0.05, 0) is 0 Å². The van der Waals surface area contributed by atoms with Crippen molar-refractivity contribution in [3.05, 3.63) is 4.13 Å². The Morgan fingerprint density at radius 2 is 1.67 bits per heavy atom. The Kier molecular flexibility index (Phi) is 1.93. The maximum atomic E-state index is 12.4. The van der Waals surface area contributed by atoms with E-state index in [1.165, 1.54) is 0 Å². The summed E-state index contributed by atoms with van der Waals surface area (Å²) in [5.41, 5.74) is 0. The van der Waals surface area contributed by atoms with Crippen LogP contribution in [-0.2, 0) is 20.0 Å². The number of rotatable bonds is 0. The van der Waals surface area contributed by atoms with Crippen LogP contribution >= 0.6 is 0 Å². The fourth-order valence-corrected chi connectivity index (χ4v) is 3.55. The molecule has 1 heterocycles. The molecule has 1 rings (SSSR count). The molecule has 5 nitrogen and oxygen atoms in total. The highest BCUT2D eigenvalue weighted by molar-refractivity contribution is 8.13. The summed E-state index contributed by atoms with van der Waals surface area (Å²) in [7, 11) is -9.37. The molecule has 9 heteroatoms. The van der Waals surface area contributed by atoms with Gasteiger partial charge in [0.2, 0.25) is 0 Å². The molecule has 0 radical (unpaired) electrons. The summed E-state index contributed by atoms with van der Waals surface area (Å²) < 4.78 is 68.6. The smallest absolute Gasteiger partial charge is 0.330 e. The molecule has 1 saturated heterocycles. The van der Waals surface area contributed by atoms with Crippen LogP contribution < -0.4 is 0 Å². The van der Waals surface area contributed by atoms with Crippen molar-refractivity contribution in [2.75, 3.05) is 5.75 Å². The zero-order valence-electron chi connectivity index (χ0n) is 5.57. The first-order valence-electron chi connectivity index (χ1n) is 2.76. The van der Waals surface area contributed by atoms with E-state index in [4.69, 9.17) is 0 Å². The molecule has 0 spiro atoms. The molecule has 12 heavy (non-hydrogen) atoms. The van der Waals surface area contributed by atoms with Crippen molar-refractivity contribution < 1.29 is 25.6 Å². The summed E-state index contributed by atoms with van der Waals surface area (Å²) in [5.74, 6) is -0.931. The molecule has 0 aromatic heterocycles. The maximum absolute atomic E-state index is 12.4. The minimum Gasteiger partial charge on any atom is -0.431 e. The molecule has 1 aliphatic heterocycles. The van der Waals surface area contributed by atoms with Gasteiger partial charge in [0.05, 0.1) is 10.0 Å². The highest BCUT2D eigenvalue weighted by Crippen LogP contribution is 2.37. The van der Waals surface area contributed by atoms with Gasteiger partial charge in [-0.3, -0.25) is 0 Å². The highest BCUT2D eigenvalue weighted by Gasteiger charge is 2.43. The largest absolute Gasteiger partial charge is 0.431 e. The lowest BCUT2D eigenvalue weighted by molar-refractivity contribution is 0.0888. The predicted molar refractivity (Wildman–Crippen MR) is 35.6 cm³/mol. The van der Waals surface area contributed by atoms with Crippen molar-refractivity contribution in [3.8, 4) is 0 Å². The molecule has 0 bridgehead atoms. The summed E-state index contributed by atoms with van der Waals surface area (Å²) in [6.45, 7) is 0. The third kappa shape index (κ3) is 1.57. The van der Waals surface area contributed by atoms with Crippen LogP contribution in [0, 0.1) is 0 Å². The van der Waals surface area contributed by atoms with Gasteiger partial charge in [-0.1, -0.05) is 0 Å². The Morgan fingerprint density at radius 1 is 1.17 bits per heavy atom. The summed E-state index contributed by atoms with van der Waals surface area (Å²) in [5, 5.41) is -4.04. The van der Waals surface area contributed by atoms with E-state index in [1.54, 1.807) is 0 Å². The summed E-state index contributed by atoms with van der Waals surface area (Å²) in [6.07, 6.45) is -1.22. The number of alkyl halides is 2. The minimum atomic E-state index is -5.16. The van der Waals surface area contributed by atoms with Gasteiger partial charge in [-0.15, -0.1) is 0 Å². The van der Waals surface area contributed by atoms with Crippen LogP contribution in [0.15, 0.2) is 0 Å². The van der Waals surface area contributed by atoms with Gasteiger partial charge >= 0.3 is 5.25 Å². The van der Waals surface area contributed by atoms with Crippen LogP contribution in [0.1, 0.15) is 6.42 Å². The van der Waals surface area contributed by atoms with Gasteiger partial charge in [0.1, 0.15) is 10.0 Å². The summed E-state index contributed by atoms with van der Waals surface area (Å²) in [6, 6.07) is 0. The van der Waals surface area contributed by atoms with Gasteiger partial charge < -0.3 is 4.13 Å². The van der Waals surface area contributed by atoms with E-state index in [1.807, 2.05) is 0 Å². The SMILES string of the molecule is O=S1(=O)CCC(F)(F)S(=O)(=O)[N-]1. The van der Waals surface area contributed by atoms with Crippen LogP contribution in [0.2, 0.25) is 0 Å². The molecule has 0 atom stereocenters. The lowest BCUT2D eigenvalue weighted by atomic mass is 10.5. The molecule has 1 fully saturated rings. The van der Waals surface area contributed by atoms with E-state index in [2.05, 4.69) is 4.13 Å². The molecule has 0 saturated carbocycles. The monoisotopic (exact) mass is 220 g/mol. The van der Waals surface area contributed by atoms with Crippen molar-refractivity contribution in [2.24, 2.45) is 0 Å². The standard InChI is InChI=1S/C3H4F2NO4S2/c4-3(5)1-2-11(7,8)6-12(3,9)10/h1-2H2/q-1. The Labute approximate surface area is 67.9 Å². The van der Waals surface area contributed by atoms with E-state index in [-0.39, 0.29) is 0 Å². The predicted octanol–water partition coefficient (Wildman–Crippen LogP) is 0.0162. The summed E-state index contributed by atoms with van der Waals surface area (Å²) in [4.78, 5) is 0. The van der Waals surface area contributed by atoms with Crippen LogP contribution in [0.25, 0.3) is 4.13 Å². The fraction of sp³-hybridized carbons (Fsp3) is 1.00. The quantitative estimate of drug-likeness (QED) is 0.576. The van der Waals surface area contributed by atoms with Crippen molar-refractivity contribution in [1.82, 2.24) is 0 Å². The third-order valence-corrected chi connectivity index (χ3v) is 4.61. The number of hydrogen-bond acceptors (Lipinski definition) is 4. The summed E-state index contributed by atoms with van der Waals surface area (Å²) >= 11 is 0. The molecule has 1 aliphatic rings. The molecule has 0 aliphatic carbocycles. The van der Waals surface area contributed by atoms with Gasteiger partial charge in [-0.2, -0.15) is 8.78 Å². The van der Waals surface area contributed by atoms with E-state index in [9.17, 15) is 25.6 Å². The Hall–Kier alpha value is -0.280. The molecule has 0 aromatic carbocycles. The van der Waals surface area contributed by atoms with E-state index < -0.39 is 37.5 Å². The van der Waals surface area contributed by atoms with Crippen LogP contribution in [0.3, 0.4) is 0 Å². The minimum absolute atomic E-state index is 0.931. The molecule has 72 valence electrons. The van der Waals surface area contributed by atoms with Crippen LogP contribution in [0.4, 0.5) is 8.78 Å². The topological polar surface area (TPSA) is 82.4 Å². The first-order chi connectivity index (χ1) is 5.16. The fourth-order valence-electron chi connectivity index (χ4n) is 0.618. The number of halogens is 2. The van der Waals surface area contributed by atoms with Crippen LogP contribution in [-0.4, -0.2) is 27.8 Å². The first kappa shape index (κ1) is 9.81. The Morgan fingerprint density at radius 3 is 2.00 bits per heavy atom. The second-order valence-electron chi connectivity index (χ2n) is 2.22. The van der Waals surface area contributed by atoms with Crippen molar-refractivity contribution in [2.45, 2.75) is 11.7 Å². The zero-order chi connectivity index (χ0) is 9.62. The Bertz CT molecular complexity index is 383. The number of hydrogen-bond donors (Lipinski definition) is 0. The van der Waals surface area contributed by atoms with Crippen LogP contribution in [0.5, 0.6) is 0 Å². The average Bonchev–Trinajstić information content (AvgIpc) is 1.79. The molecular formula is C3H4F2NO4S2-. The lowest BCUT2D eigenvalue weighted by Gasteiger charge is -2.32. The van der Waals surface area contributed by atoms with Gasteiger partial charge in [0, 0.05) is 12.2 Å². The van der Waals surface area contributed by atoms with Gasteiger partial charge in [0.25, 0.3) is 0 Å². The number of sulfonamides is 2. The van der Waals surface area contributed by atoms with E-state index in [0.29, 0.717) is 0 Å². The van der Waals surface area contributed by atoms with E-state index >= 15 is 0 Å². The number of nitrogens with zero attached hydrogens (tertiary/aromatic N) is 1. The lowest BCUT2D eigenvalue weighted by Crippen LogP contribution is -2.36. The molecule has 0 N–H and O–H groups in total. The molecule has 0 unspecified atom stereocenters. The van der Waals surface area contributed by atoms with E-state index in [0.717, 1.165) is 0 Å². The average molecular weight is 220 g/mol. The Balaban J connectivity index is 3.15. The van der Waals surface area contributed by atoms with Crippen molar-refractivity contribution in [3.63, 3.8) is 0 Å². The highest BCUT2D eigenvalue weighted by atomic mass is 32.3. The second kappa shape index (κ2) is 2.36. The molecule has 0 amide bonds. The maximum Gasteiger partial charge on any atom is 0.330 e. The zero-order valence-corrected chi connectivity index (χ0v) is 7.20. The normalized spacial score (nSPS) is 31.2. The second-order valence-corrected chi connectivity index (χ2v) is 5.94.